The smallest absolute Gasteiger partial charge is 0.463 e. The average molecular weight is 1240 g/mol. The number of aliphatic hydroxyl groups excluding tert-OH is 2. The fraction of sp³-hybridized carbons (Fsp3) is 0.657. The molecule has 0 aliphatic rings. The van der Waals surface area contributed by atoms with Gasteiger partial charge in [-0.25, -0.2) is 9.13 Å². The van der Waals surface area contributed by atoms with E-state index < -0.39 is 91.5 Å². The number of ether oxygens (including phenoxy) is 3. The molecule has 0 spiro atoms. The van der Waals surface area contributed by atoms with Crippen molar-refractivity contribution in [3.63, 3.8) is 0 Å². The lowest BCUT2D eigenvalue weighted by molar-refractivity contribution is -0.161. The van der Waals surface area contributed by atoms with E-state index in [-0.39, 0.29) is 19.3 Å². The van der Waals surface area contributed by atoms with Crippen molar-refractivity contribution in [2.24, 2.45) is 0 Å². The first-order chi connectivity index (χ1) is 41.2. The minimum atomic E-state index is -4.93. The van der Waals surface area contributed by atoms with Crippen LogP contribution in [0.5, 0.6) is 0 Å². The fourth-order valence-electron chi connectivity index (χ4n) is 7.82. The van der Waals surface area contributed by atoms with Gasteiger partial charge in [0.25, 0.3) is 0 Å². The Labute approximate surface area is 512 Å². The Bertz CT molecular complexity index is 2040. The molecule has 4 N–H and O–H groups in total. The maximum absolute atomic E-state index is 12.9. The quantitative estimate of drug-likeness (QED) is 0.0146. The van der Waals surface area contributed by atoms with Gasteiger partial charge >= 0.3 is 33.6 Å². The Morgan fingerprint density at radius 2 is 0.624 bits per heavy atom. The van der Waals surface area contributed by atoms with Crippen LogP contribution >= 0.6 is 15.6 Å². The lowest BCUT2D eigenvalue weighted by atomic mass is 10.1. The minimum absolute atomic E-state index is 0.0850. The van der Waals surface area contributed by atoms with Crippen molar-refractivity contribution in [3.8, 4) is 0 Å². The molecule has 85 heavy (non-hydrogen) atoms. The highest BCUT2D eigenvalue weighted by Crippen LogP contribution is 2.45. The highest BCUT2D eigenvalue weighted by molar-refractivity contribution is 7.47. The molecule has 0 saturated carbocycles. The van der Waals surface area contributed by atoms with E-state index in [1.54, 1.807) is 0 Å². The Morgan fingerprint density at radius 3 is 1.01 bits per heavy atom. The van der Waals surface area contributed by atoms with Crippen molar-refractivity contribution < 1.29 is 75.8 Å². The molecule has 0 saturated heterocycles. The first kappa shape index (κ1) is 81.0. The van der Waals surface area contributed by atoms with Crippen LogP contribution in [-0.4, -0.2) is 95.9 Å². The molecule has 0 aromatic heterocycles. The Morgan fingerprint density at radius 1 is 0.341 bits per heavy atom. The summed E-state index contributed by atoms with van der Waals surface area (Å²) in [5.74, 6) is -1.65. The van der Waals surface area contributed by atoms with Crippen molar-refractivity contribution >= 4 is 33.6 Å². The lowest BCUT2D eigenvalue weighted by Crippen LogP contribution is -2.30. The highest BCUT2D eigenvalue weighted by atomic mass is 31.2. The summed E-state index contributed by atoms with van der Waals surface area (Å²) >= 11 is 0. The van der Waals surface area contributed by atoms with Crippen LogP contribution in [0.1, 0.15) is 226 Å². The molecule has 0 rings (SSSR count). The number of phosphoric acid groups is 2. The molecule has 0 radical (unpaired) electrons. The summed E-state index contributed by atoms with van der Waals surface area (Å²) in [6, 6.07) is 0. The van der Waals surface area contributed by atoms with Crippen LogP contribution in [0.25, 0.3) is 0 Å². The third-order valence-electron chi connectivity index (χ3n) is 12.7. The van der Waals surface area contributed by atoms with Crippen molar-refractivity contribution in [2.75, 3.05) is 39.6 Å². The third-order valence-corrected chi connectivity index (χ3v) is 14.6. The molecule has 486 valence electrons. The van der Waals surface area contributed by atoms with Gasteiger partial charge in [-0.05, 0) is 128 Å². The zero-order valence-corrected chi connectivity index (χ0v) is 54.0. The summed E-state index contributed by atoms with van der Waals surface area (Å²) < 4.78 is 60.7. The molecule has 16 nitrogen and oxygen atoms in total. The van der Waals surface area contributed by atoms with Gasteiger partial charge in [0.15, 0.2) is 6.10 Å². The molecular formula is C67H112O16P2. The number of hydrogen-bond donors (Lipinski definition) is 4. The monoisotopic (exact) mass is 1230 g/mol. The summed E-state index contributed by atoms with van der Waals surface area (Å²) in [6.07, 6.45) is 66.9. The summed E-state index contributed by atoms with van der Waals surface area (Å²) in [7, 11) is -9.79. The number of unbranched alkanes of at least 4 members (excludes halogenated alkanes) is 16. The van der Waals surface area contributed by atoms with Gasteiger partial charge in [0.05, 0.1) is 26.4 Å². The summed E-state index contributed by atoms with van der Waals surface area (Å²) in [5, 5.41) is 20.5. The minimum Gasteiger partial charge on any atom is -0.463 e. The van der Waals surface area contributed by atoms with Crippen LogP contribution in [0.3, 0.4) is 0 Å². The largest absolute Gasteiger partial charge is 0.472 e. The van der Waals surface area contributed by atoms with Crippen LogP contribution < -0.4 is 0 Å². The van der Waals surface area contributed by atoms with Gasteiger partial charge in [0.2, 0.25) is 0 Å². The SMILES string of the molecule is CC/C=C\C/C=C\C/C=C\C/C=C\C/C=C\CCCCCC(=O)OCC(O)COP(=O)(O)OCC(O)COP(=O)(O)OCC(COC(=O)CCCCCC/C=C\C/C=C\C/C=C\C/C=C\CC)OC(=O)CCCCCCC/C=C\CCCCCC. The number of carbonyl (C=O) groups is 3. The van der Waals surface area contributed by atoms with Crippen molar-refractivity contribution in [1.82, 2.24) is 0 Å². The van der Waals surface area contributed by atoms with E-state index >= 15 is 0 Å². The van der Waals surface area contributed by atoms with Crippen molar-refractivity contribution in [3.05, 3.63) is 122 Å². The van der Waals surface area contributed by atoms with E-state index in [4.69, 9.17) is 32.3 Å². The molecular weight excluding hydrogens is 1120 g/mol. The molecule has 0 aromatic rings. The first-order valence-electron chi connectivity index (χ1n) is 31.8. The maximum Gasteiger partial charge on any atom is 0.472 e. The van der Waals surface area contributed by atoms with Gasteiger partial charge in [0, 0.05) is 19.3 Å². The van der Waals surface area contributed by atoms with Gasteiger partial charge in [-0.3, -0.25) is 32.5 Å². The van der Waals surface area contributed by atoms with Gasteiger partial charge in [-0.2, -0.15) is 0 Å². The maximum atomic E-state index is 12.9. The fourth-order valence-corrected chi connectivity index (χ4v) is 9.40. The van der Waals surface area contributed by atoms with E-state index in [0.717, 1.165) is 141 Å². The average Bonchev–Trinajstić information content (AvgIpc) is 3.51. The number of carbonyl (C=O) groups excluding carboxylic acids is 3. The molecule has 0 aliphatic heterocycles. The van der Waals surface area contributed by atoms with Crippen LogP contribution in [0, 0.1) is 0 Å². The van der Waals surface area contributed by atoms with E-state index in [9.17, 15) is 43.5 Å². The number of aliphatic hydroxyl groups is 2. The third kappa shape index (κ3) is 61.4. The second-order valence-electron chi connectivity index (χ2n) is 20.8. The standard InChI is InChI=1S/C67H112O16P2/c1-4-7-10-13-16-19-22-25-27-29-30-32-34-36-38-41-44-47-50-53-65(70)77-56-62(68)57-79-84(73,74)80-58-63(69)59-81-85(75,76)82-61-64(83-67(72)55-52-49-46-43-40-35-24-21-18-15-12-9-6-3)60-78-66(71)54-51-48-45-42-39-37-33-31-28-26-23-20-17-14-11-8-5-2/h7-8,10-11,16-17,19-21,24-28,30,32-33,36-38,62-64,68-69H,4-6,9,12-15,18,22-23,29,31,34-35,39-61H2,1-3H3,(H,73,74)(H,75,76)/b10-7-,11-8-,19-16-,20-17-,24-21-,27-25-,28-26-,32-30-,37-33-,38-36-. The van der Waals surface area contributed by atoms with E-state index in [2.05, 4.69) is 142 Å². The zero-order chi connectivity index (χ0) is 62.4. The van der Waals surface area contributed by atoms with Gasteiger partial charge < -0.3 is 34.2 Å². The van der Waals surface area contributed by atoms with Gasteiger partial charge in [-0.15, -0.1) is 0 Å². The molecule has 0 bridgehead atoms. The first-order valence-corrected chi connectivity index (χ1v) is 34.8. The summed E-state index contributed by atoms with van der Waals surface area (Å²) in [5.41, 5.74) is 0. The molecule has 0 aliphatic carbocycles. The highest BCUT2D eigenvalue weighted by Gasteiger charge is 2.29. The number of rotatable bonds is 59. The molecule has 5 atom stereocenters. The Hall–Kier alpha value is -4.05. The van der Waals surface area contributed by atoms with E-state index in [1.165, 1.54) is 25.7 Å². The molecule has 0 amide bonds. The molecule has 5 unspecified atom stereocenters. The Balaban J connectivity index is 4.73. The zero-order valence-electron chi connectivity index (χ0n) is 52.2. The second-order valence-corrected chi connectivity index (χ2v) is 23.7. The normalized spacial score (nSPS) is 15.1. The van der Waals surface area contributed by atoms with Crippen LogP contribution in [-0.2, 0) is 55.8 Å². The topological polar surface area (TPSA) is 231 Å². The number of hydrogen-bond acceptors (Lipinski definition) is 14. The molecule has 0 fully saturated rings. The number of esters is 3. The predicted molar refractivity (Wildman–Crippen MR) is 343 cm³/mol. The summed E-state index contributed by atoms with van der Waals surface area (Å²) in [6.45, 7) is 2.31. The van der Waals surface area contributed by atoms with Gasteiger partial charge in [0.1, 0.15) is 25.4 Å². The van der Waals surface area contributed by atoms with Crippen molar-refractivity contribution in [1.29, 1.82) is 0 Å². The van der Waals surface area contributed by atoms with Gasteiger partial charge in [-0.1, -0.05) is 200 Å². The van der Waals surface area contributed by atoms with Crippen LogP contribution in [0.2, 0.25) is 0 Å². The molecule has 18 heteroatoms. The molecule has 0 heterocycles. The van der Waals surface area contributed by atoms with Crippen molar-refractivity contribution in [2.45, 2.75) is 245 Å². The van der Waals surface area contributed by atoms with Crippen LogP contribution in [0.4, 0.5) is 0 Å². The van der Waals surface area contributed by atoms with Crippen LogP contribution in [0.15, 0.2) is 122 Å². The second kappa shape index (κ2) is 60.2. The lowest BCUT2D eigenvalue weighted by Gasteiger charge is -2.21. The summed E-state index contributed by atoms with van der Waals surface area (Å²) in [4.78, 5) is 58.2. The van der Waals surface area contributed by atoms with E-state index in [1.807, 2.05) is 0 Å². The molecule has 0 aromatic carbocycles. The Kier molecular flexibility index (Phi) is 57.4. The number of phosphoric ester groups is 2. The predicted octanol–water partition coefficient (Wildman–Crippen LogP) is 17.1. The number of allylic oxidation sites excluding steroid dienone is 20. The van der Waals surface area contributed by atoms with E-state index in [0.29, 0.717) is 19.3 Å².